The first kappa shape index (κ1) is 15.7. The number of urea groups is 1. The van der Waals surface area contributed by atoms with Crippen molar-refractivity contribution in [2.24, 2.45) is 0 Å². The SMILES string of the molecule is CCCCN(C)C(=O)NC(CCC)CC(=O)O. The molecule has 0 aliphatic rings. The Balaban J connectivity index is 4.13. The van der Waals surface area contributed by atoms with E-state index in [2.05, 4.69) is 12.2 Å². The van der Waals surface area contributed by atoms with Crippen LogP contribution < -0.4 is 5.32 Å². The van der Waals surface area contributed by atoms with E-state index in [4.69, 9.17) is 5.11 Å². The number of carbonyl (C=O) groups is 2. The van der Waals surface area contributed by atoms with Gasteiger partial charge in [-0.15, -0.1) is 0 Å². The number of unbranched alkanes of at least 4 members (excludes halogenated alkanes) is 1. The summed E-state index contributed by atoms with van der Waals surface area (Å²) >= 11 is 0. The fraction of sp³-hybridized carbons (Fsp3) is 0.833. The number of amides is 2. The number of carboxylic acid groups (broad SMARTS) is 1. The van der Waals surface area contributed by atoms with Gasteiger partial charge in [0, 0.05) is 19.6 Å². The molecule has 2 amide bonds. The van der Waals surface area contributed by atoms with Crippen LogP contribution in [-0.2, 0) is 4.79 Å². The summed E-state index contributed by atoms with van der Waals surface area (Å²) in [5.74, 6) is -0.875. The van der Waals surface area contributed by atoms with E-state index in [0.717, 1.165) is 19.3 Å². The molecular formula is C12H24N2O3. The lowest BCUT2D eigenvalue weighted by Gasteiger charge is -2.22. The first-order chi connectivity index (χ1) is 8.01. The molecule has 5 nitrogen and oxygen atoms in total. The Labute approximate surface area is 103 Å². The van der Waals surface area contributed by atoms with Crippen molar-refractivity contribution >= 4 is 12.0 Å². The van der Waals surface area contributed by atoms with Gasteiger partial charge in [-0.1, -0.05) is 26.7 Å². The third-order valence-corrected chi connectivity index (χ3v) is 2.58. The van der Waals surface area contributed by atoms with E-state index in [9.17, 15) is 9.59 Å². The van der Waals surface area contributed by atoms with Crippen LogP contribution in [0.3, 0.4) is 0 Å². The Morgan fingerprint density at radius 2 is 1.94 bits per heavy atom. The average Bonchev–Trinajstić information content (AvgIpc) is 2.25. The number of carboxylic acids is 1. The molecule has 0 rings (SSSR count). The average molecular weight is 244 g/mol. The first-order valence-electron chi connectivity index (χ1n) is 6.24. The molecule has 2 N–H and O–H groups in total. The van der Waals surface area contributed by atoms with Gasteiger partial charge in [0.05, 0.1) is 6.42 Å². The predicted molar refractivity (Wildman–Crippen MR) is 67.0 cm³/mol. The zero-order valence-corrected chi connectivity index (χ0v) is 11.0. The zero-order chi connectivity index (χ0) is 13.3. The maximum Gasteiger partial charge on any atom is 0.317 e. The van der Waals surface area contributed by atoms with Gasteiger partial charge in [0.25, 0.3) is 0 Å². The summed E-state index contributed by atoms with van der Waals surface area (Å²) in [5, 5.41) is 11.5. The molecule has 0 aliphatic heterocycles. The minimum atomic E-state index is -0.875. The third-order valence-electron chi connectivity index (χ3n) is 2.58. The lowest BCUT2D eigenvalue weighted by Crippen LogP contribution is -2.44. The normalized spacial score (nSPS) is 11.9. The Morgan fingerprint density at radius 3 is 2.41 bits per heavy atom. The summed E-state index contributed by atoms with van der Waals surface area (Å²) in [7, 11) is 1.73. The molecule has 0 aromatic heterocycles. The number of rotatable bonds is 8. The molecule has 0 saturated carbocycles. The number of hydrogen-bond donors (Lipinski definition) is 2. The number of nitrogens with one attached hydrogen (secondary N) is 1. The van der Waals surface area contributed by atoms with Crippen LogP contribution in [0.5, 0.6) is 0 Å². The van der Waals surface area contributed by atoms with Crippen molar-refractivity contribution < 1.29 is 14.7 Å². The van der Waals surface area contributed by atoms with Crippen LogP contribution in [0, 0.1) is 0 Å². The van der Waals surface area contributed by atoms with E-state index in [1.54, 1.807) is 11.9 Å². The summed E-state index contributed by atoms with van der Waals surface area (Å²) in [6, 6.07) is -0.452. The summed E-state index contributed by atoms with van der Waals surface area (Å²) < 4.78 is 0. The van der Waals surface area contributed by atoms with Gasteiger partial charge >= 0.3 is 12.0 Å². The van der Waals surface area contributed by atoms with Gasteiger partial charge in [0.1, 0.15) is 0 Å². The van der Waals surface area contributed by atoms with E-state index in [1.165, 1.54) is 0 Å². The lowest BCUT2D eigenvalue weighted by atomic mass is 10.1. The van der Waals surface area contributed by atoms with E-state index < -0.39 is 5.97 Å². The smallest absolute Gasteiger partial charge is 0.317 e. The minimum Gasteiger partial charge on any atom is -0.481 e. The van der Waals surface area contributed by atoms with Crippen molar-refractivity contribution in [3.8, 4) is 0 Å². The highest BCUT2D eigenvalue weighted by molar-refractivity contribution is 5.75. The number of aliphatic carboxylic acids is 1. The number of nitrogens with zero attached hydrogens (tertiary/aromatic N) is 1. The second-order valence-corrected chi connectivity index (χ2v) is 4.31. The minimum absolute atomic E-state index is 0.0127. The van der Waals surface area contributed by atoms with Gasteiger partial charge < -0.3 is 15.3 Å². The highest BCUT2D eigenvalue weighted by Gasteiger charge is 2.17. The first-order valence-corrected chi connectivity index (χ1v) is 6.24. The molecule has 0 radical (unpaired) electrons. The lowest BCUT2D eigenvalue weighted by molar-refractivity contribution is -0.137. The monoisotopic (exact) mass is 244 g/mol. The second-order valence-electron chi connectivity index (χ2n) is 4.31. The van der Waals surface area contributed by atoms with Crippen molar-refractivity contribution in [2.75, 3.05) is 13.6 Å². The van der Waals surface area contributed by atoms with Crippen LogP contribution in [0.1, 0.15) is 46.0 Å². The van der Waals surface area contributed by atoms with Gasteiger partial charge in [-0.05, 0) is 12.8 Å². The Hall–Kier alpha value is -1.26. The van der Waals surface area contributed by atoms with Crippen molar-refractivity contribution in [3.63, 3.8) is 0 Å². The molecule has 0 heterocycles. The predicted octanol–water partition coefficient (Wildman–Crippen LogP) is 2.07. The maximum atomic E-state index is 11.7. The van der Waals surface area contributed by atoms with Crippen molar-refractivity contribution in [2.45, 2.75) is 52.0 Å². The molecule has 17 heavy (non-hydrogen) atoms. The number of carbonyl (C=O) groups excluding carboxylic acids is 1. The third kappa shape index (κ3) is 7.60. The van der Waals surface area contributed by atoms with Gasteiger partial charge in [0.15, 0.2) is 0 Å². The zero-order valence-electron chi connectivity index (χ0n) is 11.0. The molecule has 0 saturated heterocycles. The fourth-order valence-electron chi connectivity index (χ4n) is 1.57. The highest BCUT2D eigenvalue weighted by Crippen LogP contribution is 2.03. The molecule has 100 valence electrons. The summed E-state index contributed by atoms with van der Waals surface area (Å²) in [4.78, 5) is 24.0. The van der Waals surface area contributed by atoms with Crippen LogP contribution in [0.2, 0.25) is 0 Å². The molecule has 0 spiro atoms. The largest absolute Gasteiger partial charge is 0.481 e. The Morgan fingerprint density at radius 1 is 1.29 bits per heavy atom. The van der Waals surface area contributed by atoms with E-state index in [1.807, 2.05) is 6.92 Å². The van der Waals surface area contributed by atoms with Gasteiger partial charge in [-0.3, -0.25) is 4.79 Å². The molecule has 1 atom stereocenters. The van der Waals surface area contributed by atoms with E-state index in [0.29, 0.717) is 13.0 Å². The van der Waals surface area contributed by atoms with Gasteiger partial charge in [0.2, 0.25) is 0 Å². The van der Waals surface area contributed by atoms with Crippen LogP contribution in [0.4, 0.5) is 4.79 Å². The second kappa shape index (κ2) is 8.84. The van der Waals surface area contributed by atoms with Gasteiger partial charge in [-0.2, -0.15) is 0 Å². The van der Waals surface area contributed by atoms with Gasteiger partial charge in [-0.25, -0.2) is 4.79 Å². The van der Waals surface area contributed by atoms with Crippen LogP contribution in [-0.4, -0.2) is 41.6 Å². The summed E-state index contributed by atoms with van der Waals surface area (Å²) in [6.07, 6.45) is 3.53. The fourth-order valence-corrected chi connectivity index (χ4v) is 1.57. The Bertz CT molecular complexity index is 244. The molecular weight excluding hydrogens is 220 g/mol. The Kier molecular flexibility index (Phi) is 8.19. The van der Waals surface area contributed by atoms with E-state index >= 15 is 0 Å². The molecule has 5 heteroatoms. The standard InChI is InChI=1S/C12H24N2O3/c1-4-6-8-14(3)12(17)13-10(7-5-2)9-11(15)16/h10H,4-9H2,1-3H3,(H,13,17)(H,15,16). The quantitative estimate of drug-likeness (QED) is 0.686. The molecule has 0 aliphatic carbocycles. The highest BCUT2D eigenvalue weighted by atomic mass is 16.4. The van der Waals surface area contributed by atoms with Crippen molar-refractivity contribution in [1.82, 2.24) is 10.2 Å². The maximum absolute atomic E-state index is 11.7. The van der Waals surface area contributed by atoms with Crippen LogP contribution in [0.15, 0.2) is 0 Å². The number of hydrogen-bond acceptors (Lipinski definition) is 2. The van der Waals surface area contributed by atoms with Crippen LogP contribution in [0.25, 0.3) is 0 Å². The summed E-state index contributed by atoms with van der Waals surface area (Å²) in [5.41, 5.74) is 0. The van der Waals surface area contributed by atoms with Crippen molar-refractivity contribution in [3.05, 3.63) is 0 Å². The van der Waals surface area contributed by atoms with Crippen LogP contribution >= 0.6 is 0 Å². The van der Waals surface area contributed by atoms with E-state index in [-0.39, 0.29) is 18.5 Å². The summed E-state index contributed by atoms with van der Waals surface area (Å²) in [6.45, 7) is 4.74. The molecule has 0 aromatic rings. The molecule has 1 unspecified atom stereocenters. The van der Waals surface area contributed by atoms with Crippen molar-refractivity contribution in [1.29, 1.82) is 0 Å². The molecule has 0 fully saturated rings. The molecule has 0 aromatic carbocycles. The molecule has 0 bridgehead atoms. The topological polar surface area (TPSA) is 69.6 Å².